The predicted molar refractivity (Wildman–Crippen MR) is 65.1 cm³/mol. The molecular weight excluding hydrogens is 203 g/mol. The molecule has 90 valence electrons. The quantitative estimate of drug-likeness (QED) is 0.791. The van der Waals surface area contributed by atoms with Crippen LogP contribution >= 0.6 is 0 Å². The van der Waals surface area contributed by atoms with Crippen LogP contribution in [0, 0.1) is 0 Å². The van der Waals surface area contributed by atoms with Gasteiger partial charge in [0.1, 0.15) is 0 Å². The van der Waals surface area contributed by atoms with Crippen LogP contribution in [0.5, 0.6) is 0 Å². The van der Waals surface area contributed by atoms with Crippen molar-refractivity contribution in [2.24, 2.45) is 0 Å². The van der Waals surface area contributed by atoms with Crippen LogP contribution in [0.1, 0.15) is 25.7 Å². The molecule has 0 aromatic heterocycles. The summed E-state index contributed by atoms with van der Waals surface area (Å²) >= 11 is 0. The summed E-state index contributed by atoms with van der Waals surface area (Å²) in [6.45, 7) is 5.64. The highest BCUT2D eigenvalue weighted by Gasteiger charge is 2.10. The molecule has 1 heterocycles. The van der Waals surface area contributed by atoms with Crippen molar-refractivity contribution in [1.29, 1.82) is 0 Å². The Hall–Kier alpha value is -0.670. The molecule has 1 aliphatic carbocycles. The van der Waals surface area contributed by atoms with Gasteiger partial charge in [0.05, 0.1) is 5.83 Å². The third-order valence-corrected chi connectivity index (χ3v) is 3.37. The molecule has 0 unspecified atom stereocenters. The fraction of sp³-hybridized carbons (Fsp3) is 0.692. The minimum absolute atomic E-state index is 0.0390. The third kappa shape index (κ3) is 3.72. The van der Waals surface area contributed by atoms with Crippen LogP contribution < -0.4 is 5.32 Å². The van der Waals surface area contributed by atoms with E-state index in [-0.39, 0.29) is 5.83 Å². The second kappa shape index (κ2) is 6.16. The Kier molecular flexibility index (Phi) is 4.55. The van der Waals surface area contributed by atoms with Crippen LogP contribution in [0.15, 0.2) is 23.6 Å². The summed E-state index contributed by atoms with van der Waals surface area (Å²) in [6.07, 6.45) is 7.40. The van der Waals surface area contributed by atoms with Gasteiger partial charge < -0.3 is 10.2 Å². The van der Waals surface area contributed by atoms with E-state index < -0.39 is 0 Å². The number of hydrogen-bond donors (Lipinski definition) is 1. The molecule has 0 amide bonds. The van der Waals surface area contributed by atoms with Gasteiger partial charge in [-0.3, -0.25) is 0 Å². The van der Waals surface area contributed by atoms with Gasteiger partial charge in [-0.2, -0.15) is 0 Å². The fourth-order valence-corrected chi connectivity index (χ4v) is 2.30. The van der Waals surface area contributed by atoms with Crippen LogP contribution in [0.3, 0.4) is 0 Å². The van der Waals surface area contributed by atoms with Crippen molar-refractivity contribution in [3.8, 4) is 0 Å². The lowest BCUT2D eigenvalue weighted by molar-refractivity contribution is 0.243. The molecule has 1 N–H and O–H groups in total. The first-order valence-electron chi connectivity index (χ1n) is 6.32. The lowest BCUT2D eigenvalue weighted by Gasteiger charge is -2.27. The summed E-state index contributed by atoms with van der Waals surface area (Å²) in [5, 5.41) is 3.35. The zero-order chi connectivity index (χ0) is 11.2. The third-order valence-electron chi connectivity index (χ3n) is 3.37. The number of piperazine rings is 1. The van der Waals surface area contributed by atoms with Gasteiger partial charge in [-0.15, -0.1) is 0 Å². The van der Waals surface area contributed by atoms with E-state index in [0.717, 1.165) is 52.0 Å². The van der Waals surface area contributed by atoms with E-state index in [4.69, 9.17) is 0 Å². The maximum atomic E-state index is 13.0. The summed E-state index contributed by atoms with van der Waals surface area (Å²) in [7, 11) is 0. The number of allylic oxidation sites excluding steroid dienone is 3. The largest absolute Gasteiger partial charge is 0.314 e. The highest BCUT2D eigenvalue weighted by Crippen LogP contribution is 2.20. The van der Waals surface area contributed by atoms with Gasteiger partial charge in [0.2, 0.25) is 0 Å². The SMILES string of the molecule is FC1=CC=C(CCN2CCNCC2)CCC1. The summed E-state index contributed by atoms with van der Waals surface area (Å²) in [6, 6.07) is 0. The van der Waals surface area contributed by atoms with E-state index in [1.54, 1.807) is 6.08 Å². The second-order valence-corrected chi connectivity index (χ2v) is 4.63. The molecule has 0 atom stereocenters. The zero-order valence-electron chi connectivity index (χ0n) is 9.84. The average molecular weight is 224 g/mol. The van der Waals surface area contributed by atoms with Gasteiger partial charge in [0, 0.05) is 32.7 Å². The fourth-order valence-electron chi connectivity index (χ4n) is 2.30. The first-order valence-corrected chi connectivity index (χ1v) is 6.32. The minimum atomic E-state index is 0.0390. The number of nitrogens with zero attached hydrogens (tertiary/aromatic N) is 1. The summed E-state index contributed by atoms with van der Waals surface area (Å²) < 4.78 is 13.0. The second-order valence-electron chi connectivity index (χ2n) is 4.63. The van der Waals surface area contributed by atoms with E-state index in [1.807, 2.05) is 6.08 Å². The molecule has 2 aliphatic rings. The van der Waals surface area contributed by atoms with E-state index >= 15 is 0 Å². The minimum Gasteiger partial charge on any atom is -0.314 e. The number of nitrogens with one attached hydrogen (secondary N) is 1. The monoisotopic (exact) mass is 224 g/mol. The molecular formula is C13H21FN2. The summed E-state index contributed by atoms with van der Waals surface area (Å²) in [5.41, 5.74) is 1.41. The average Bonchev–Trinajstić information content (AvgIpc) is 2.53. The van der Waals surface area contributed by atoms with Crippen LogP contribution in [-0.4, -0.2) is 37.6 Å². The van der Waals surface area contributed by atoms with E-state index in [2.05, 4.69) is 10.2 Å². The van der Waals surface area contributed by atoms with Crippen molar-refractivity contribution in [3.05, 3.63) is 23.6 Å². The van der Waals surface area contributed by atoms with Gasteiger partial charge in [0.15, 0.2) is 0 Å². The Labute approximate surface area is 97.2 Å². The Morgan fingerprint density at radius 2 is 2.00 bits per heavy atom. The molecule has 0 bridgehead atoms. The van der Waals surface area contributed by atoms with Crippen LogP contribution in [0.4, 0.5) is 4.39 Å². The Morgan fingerprint density at radius 1 is 1.19 bits per heavy atom. The number of rotatable bonds is 3. The molecule has 0 radical (unpaired) electrons. The standard InChI is InChI=1S/C13H21FN2/c14-13-3-1-2-12(4-5-13)6-9-16-10-7-15-8-11-16/h4-5,15H,1-3,6-11H2. The Balaban J connectivity index is 1.76. The molecule has 0 aromatic carbocycles. The Bertz CT molecular complexity index is 278. The molecule has 3 heteroatoms. The topological polar surface area (TPSA) is 15.3 Å². The van der Waals surface area contributed by atoms with Crippen LogP contribution in [-0.2, 0) is 0 Å². The zero-order valence-corrected chi connectivity index (χ0v) is 9.84. The summed E-state index contributed by atoms with van der Waals surface area (Å²) in [5.74, 6) is 0.0390. The van der Waals surface area contributed by atoms with Gasteiger partial charge in [-0.25, -0.2) is 4.39 Å². The van der Waals surface area contributed by atoms with Crippen molar-refractivity contribution in [2.45, 2.75) is 25.7 Å². The highest BCUT2D eigenvalue weighted by molar-refractivity contribution is 5.17. The molecule has 0 aromatic rings. The normalized spacial score (nSPS) is 23.6. The lowest BCUT2D eigenvalue weighted by atomic mass is 10.1. The number of hydrogen-bond acceptors (Lipinski definition) is 2. The van der Waals surface area contributed by atoms with Gasteiger partial charge in [-0.1, -0.05) is 11.6 Å². The smallest absolute Gasteiger partial charge is 0.0999 e. The first-order chi connectivity index (χ1) is 7.84. The molecule has 1 saturated heterocycles. The van der Waals surface area contributed by atoms with E-state index in [0.29, 0.717) is 6.42 Å². The van der Waals surface area contributed by atoms with Gasteiger partial charge in [0.25, 0.3) is 0 Å². The van der Waals surface area contributed by atoms with E-state index in [1.165, 1.54) is 5.57 Å². The van der Waals surface area contributed by atoms with Gasteiger partial charge >= 0.3 is 0 Å². The van der Waals surface area contributed by atoms with Crippen molar-refractivity contribution in [2.75, 3.05) is 32.7 Å². The van der Waals surface area contributed by atoms with Crippen LogP contribution in [0.2, 0.25) is 0 Å². The highest BCUT2D eigenvalue weighted by atomic mass is 19.1. The predicted octanol–water partition coefficient (Wildman–Crippen LogP) is 2.25. The van der Waals surface area contributed by atoms with Crippen molar-refractivity contribution in [1.82, 2.24) is 10.2 Å². The van der Waals surface area contributed by atoms with Crippen molar-refractivity contribution >= 4 is 0 Å². The maximum absolute atomic E-state index is 13.0. The molecule has 0 saturated carbocycles. The maximum Gasteiger partial charge on any atom is 0.0999 e. The summed E-state index contributed by atoms with van der Waals surface area (Å²) in [4.78, 5) is 2.49. The van der Waals surface area contributed by atoms with Crippen molar-refractivity contribution in [3.63, 3.8) is 0 Å². The van der Waals surface area contributed by atoms with Gasteiger partial charge in [-0.05, 0) is 31.8 Å². The molecule has 2 nitrogen and oxygen atoms in total. The van der Waals surface area contributed by atoms with Crippen LogP contribution in [0.25, 0.3) is 0 Å². The molecule has 1 fully saturated rings. The molecule has 0 spiro atoms. The first kappa shape index (κ1) is 11.8. The molecule has 1 aliphatic heterocycles. The molecule has 16 heavy (non-hydrogen) atoms. The Morgan fingerprint density at radius 3 is 2.81 bits per heavy atom. The molecule has 2 rings (SSSR count). The lowest BCUT2D eigenvalue weighted by Crippen LogP contribution is -2.43. The van der Waals surface area contributed by atoms with E-state index in [9.17, 15) is 4.39 Å². The van der Waals surface area contributed by atoms with Crippen molar-refractivity contribution < 1.29 is 4.39 Å². The number of halogens is 1.